The number of hydrogen-bond donors (Lipinski definition) is 3. The number of anilines is 2. The third kappa shape index (κ3) is 4.84. The molecule has 0 fully saturated rings. The maximum Gasteiger partial charge on any atom is 0.234 e. The average molecular weight is 354 g/mol. The van der Waals surface area contributed by atoms with E-state index >= 15 is 0 Å². The standard InChI is InChI=1S/C18H18N4O2S/c1-12(23)19-13-5-4-6-14(9-13)20-18(24)11-25-10-17-21-15-7-2-3-8-16(15)22-17/h2-9H,10-11H2,1H3,(H,19,23)(H,20,24)(H,21,22). The highest BCUT2D eigenvalue weighted by Gasteiger charge is 2.06. The van der Waals surface area contributed by atoms with Gasteiger partial charge in [0.15, 0.2) is 0 Å². The summed E-state index contributed by atoms with van der Waals surface area (Å²) < 4.78 is 0. The first-order chi connectivity index (χ1) is 12.1. The number of nitrogens with one attached hydrogen (secondary N) is 3. The second-order valence-corrected chi connectivity index (χ2v) is 6.49. The summed E-state index contributed by atoms with van der Waals surface area (Å²) in [6.45, 7) is 1.44. The van der Waals surface area contributed by atoms with E-state index in [2.05, 4.69) is 20.6 Å². The van der Waals surface area contributed by atoms with Crippen LogP contribution in [0.25, 0.3) is 11.0 Å². The number of carbonyl (C=O) groups is 2. The van der Waals surface area contributed by atoms with Gasteiger partial charge in [0.05, 0.1) is 22.5 Å². The van der Waals surface area contributed by atoms with Crippen LogP contribution in [0.2, 0.25) is 0 Å². The molecule has 0 bridgehead atoms. The fourth-order valence-corrected chi connectivity index (χ4v) is 3.08. The molecule has 0 unspecified atom stereocenters. The van der Waals surface area contributed by atoms with Gasteiger partial charge in [-0.1, -0.05) is 18.2 Å². The van der Waals surface area contributed by atoms with Crippen LogP contribution in [0.5, 0.6) is 0 Å². The summed E-state index contributed by atoms with van der Waals surface area (Å²) in [6, 6.07) is 14.9. The number of hydrogen-bond acceptors (Lipinski definition) is 4. The molecule has 3 N–H and O–H groups in total. The van der Waals surface area contributed by atoms with E-state index in [4.69, 9.17) is 0 Å². The van der Waals surface area contributed by atoms with Crippen LogP contribution in [-0.2, 0) is 15.3 Å². The Balaban J connectivity index is 1.50. The van der Waals surface area contributed by atoms with Gasteiger partial charge in [0.2, 0.25) is 11.8 Å². The highest BCUT2D eigenvalue weighted by Crippen LogP contribution is 2.17. The Bertz CT molecular complexity index is 874. The lowest BCUT2D eigenvalue weighted by atomic mass is 10.2. The van der Waals surface area contributed by atoms with Crippen molar-refractivity contribution in [3.8, 4) is 0 Å². The number of thioether (sulfide) groups is 1. The van der Waals surface area contributed by atoms with Crippen LogP contribution in [0, 0.1) is 0 Å². The fourth-order valence-electron chi connectivity index (χ4n) is 2.39. The summed E-state index contributed by atoms with van der Waals surface area (Å²) in [5, 5.41) is 5.51. The van der Waals surface area contributed by atoms with Crippen LogP contribution < -0.4 is 10.6 Å². The predicted octanol–water partition coefficient (Wildman–Crippen LogP) is 3.39. The number of amides is 2. The highest BCUT2D eigenvalue weighted by molar-refractivity contribution is 7.99. The molecular formula is C18H18N4O2S. The van der Waals surface area contributed by atoms with Gasteiger partial charge in [0, 0.05) is 18.3 Å². The van der Waals surface area contributed by atoms with E-state index in [1.54, 1.807) is 24.3 Å². The maximum absolute atomic E-state index is 12.1. The van der Waals surface area contributed by atoms with E-state index in [9.17, 15) is 9.59 Å². The van der Waals surface area contributed by atoms with E-state index in [1.807, 2.05) is 24.3 Å². The van der Waals surface area contributed by atoms with Gasteiger partial charge < -0.3 is 15.6 Å². The average Bonchev–Trinajstić information content (AvgIpc) is 2.97. The summed E-state index contributed by atoms with van der Waals surface area (Å²) in [4.78, 5) is 30.9. The SMILES string of the molecule is CC(=O)Nc1cccc(NC(=O)CSCc2nc3ccccc3[nH]2)c1. The first kappa shape index (κ1) is 17.0. The second kappa shape index (κ2) is 7.85. The van der Waals surface area contributed by atoms with Crippen molar-refractivity contribution in [3.05, 3.63) is 54.4 Å². The molecule has 1 aromatic heterocycles. The van der Waals surface area contributed by atoms with Crippen LogP contribution in [-0.4, -0.2) is 27.5 Å². The first-order valence-corrected chi connectivity index (χ1v) is 8.94. The number of nitrogens with zero attached hydrogens (tertiary/aromatic N) is 1. The molecule has 3 aromatic rings. The number of imidazole rings is 1. The minimum atomic E-state index is -0.148. The van der Waals surface area contributed by atoms with E-state index in [1.165, 1.54) is 18.7 Å². The summed E-state index contributed by atoms with van der Waals surface area (Å²) in [5.41, 5.74) is 3.23. The zero-order valence-corrected chi connectivity index (χ0v) is 14.5. The lowest BCUT2D eigenvalue weighted by molar-refractivity contribution is -0.114. The van der Waals surface area contributed by atoms with Crippen molar-refractivity contribution in [3.63, 3.8) is 0 Å². The zero-order valence-electron chi connectivity index (χ0n) is 13.7. The molecule has 3 rings (SSSR count). The number of benzene rings is 2. The minimum Gasteiger partial charge on any atom is -0.341 e. The number of para-hydroxylation sites is 2. The van der Waals surface area contributed by atoms with E-state index in [-0.39, 0.29) is 11.8 Å². The molecule has 25 heavy (non-hydrogen) atoms. The fraction of sp³-hybridized carbons (Fsp3) is 0.167. The van der Waals surface area contributed by atoms with Crippen LogP contribution >= 0.6 is 11.8 Å². The number of carbonyl (C=O) groups excluding carboxylic acids is 2. The molecule has 0 aliphatic heterocycles. The van der Waals surface area contributed by atoms with Crippen LogP contribution in [0.4, 0.5) is 11.4 Å². The second-order valence-electron chi connectivity index (χ2n) is 5.50. The third-order valence-electron chi connectivity index (χ3n) is 3.38. The maximum atomic E-state index is 12.1. The monoisotopic (exact) mass is 354 g/mol. The van der Waals surface area contributed by atoms with Gasteiger partial charge in [-0.2, -0.15) is 0 Å². The number of rotatable bonds is 6. The Labute approximate surface area is 149 Å². The molecule has 0 aliphatic rings. The van der Waals surface area contributed by atoms with Crippen LogP contribution in [0.3, 0.4) is 0 Å². The molecule has 0 radical (unpaired) electrons. The van der Waals surface area contributed by atoms with Gasteiger partial charge in [0.1, 0.15) is 5.82 Å². The van der Waals surface area contributed by atoms with Crippen molar-refractivity contribution < 1.29 is 9.59 Å². The lowest BCUT2D eigenvalue weighted by Crippen LogP contribution is -2.14. The normalized spacial score (nSPS) is 10.6. The van der Waals surface area contributed by atoms with E-state index < -0.39 is 0 Å². The highest BCUT2D eigenvalue weighted by atomic mass is 32.2. The van der Waals surface area contributed by atoms with Crippen molar-refractivity contribution in [1.82, 2.24) is 9.97 Å². The van der Waals surface area contributed by atoms with Gasteiger partial charge in [-0.3, -0.25) is 9.59 Å². The van der Waals surface area contributed by atoms with Gasteiger partial charge >= 0.3 is 0 Å². The topological polar surface area (TPSA) is 86.9 Å². The molecule has 7 heteroatoms. The Kier molecular flexibility index (Phi) is 5.35. The first-order valence-electron chi connectivity index (χ1n) is 7.79. The van der Waals surface area contributed by atoms with Gasteiger partial charge in [-0.05, 0) is 30.3 Å². The summed E-state index contributed by atoms with van der Waals surface area (Å²) in [6.07, 6.45) is 0. The molecule has 6 nitrogen and oxygen atoms in total. The Morgan fingerprint density at radius 3 is 2.60 bits per heavy atom. The molecule has 2 amide bonds. The van der Waals surface area contributed by atoms with Crippen LogP contribution in [0.1, 0.15) is 12.7 Å². The molecule has 1 heterocycles. The smallest absolute Gasteiger partial charge is 0.234 e. The Hall–Kier alpha value is -2.80. The Morgan fingerprint density at radius 2 is 1.84 bits per heavy atom. The van der Waals surface area contributed by atoms with Crippen molar-refractivity contribution in [1.29, 1.82) is 0 Å². The summed E-state index contributed by atoms with van der Waals surface area (Å²) in [5.74, 6) is 1.56. The summed E-state index contributed by atoms with van der Waals surface area (Å²) in [7, 11) is 0. The Morgan fingerprint density at radius 1 is 1.08 bits per heavy atom. The van der Waals surface area contributed by atoms with Crippen LogP contribution in [0.15, 0.2) is 48.5 Å². The van der Waals surface area contributed by atoms with Crippen molar-refractivity contribution in [2.45, 2.75) is 12.7 Å². The van der Waals surface area contributed by atoms with E-state index in [0.29, 0.717) is 22.9 Å². The molecular weight excluding hydrogens is 336 g/mol. The summed E-state index contributed by atoms with van der Waals surface area (Å²) >= 11 is 1.49. The van der Waals surface area contributed by atoms with Crippen molar-refractivity contribution >= 4 is 46.0 Å². The van der Waals surface area contributed by atoms with Gasteiger partial charge in [0.25, 0.3) is 0 Å². The zero-order chi connectivity index (χ0) is 17.6. The van der Waals surface area contributed by atoms with Gasteiger partial charge in [-0.25, -0.2) is 4.98 Å². The molecule has 0 saturated heterocycles. The van der Waals surface area contributed by atoms with E-state index in [0.717, 1.165) is 16.9 Å². The quantitative estimate of drug-likeness (QED) is 0.633. The number of fused-ring (bicyclic) bond motifs is 1. The molecule has 0 spiro atoms. The molecule has 0 saturated carbocycles. The molecule has 0 atom stereocenters. The number of aromatic amines is 1. The minimum absolute atomic E-state index is 0.0962. The number of aromatic nitrogens is 2. The molecule has 0 aliphatic carbocycles. The molecule has 128 valence electrons. The lowest BCUT2D eigenvalue weighted by Gasteiger charge is -2.07. The largest absolute Gasteiger partial charge is 0.341 e. The van der Waals surface area contributed by atoms with Crippen molar-refractivity contribution in [2.75, 3.05) is 16.4 Å². The number of H-pyrrole nitrogens is 1. The van der Waals surface area contributed by atoms with Gasteiger partial charge in [-0.15, -0.1) is 11.8 Å². The van der Waals surface area contributed by atoms with Crippen molar-refractivity contribution in [2.24, 2.45) is 0 Å². The molecule has 2 aromatic carbocycles. The third-order valence-corrected chi connectivity index (χ3v) is 4.32. The predicted molar refractivity (Wildman–Crippen MR) is 102 cm³/mol.